The number of hydrogen-bond donors (Lipinski definition) is 3. The van der Waals surface area contributed by atoms with E-state index in [9.17, 15) is 10.2 Å². The number of nitrogens with two attached hydrogens (primary N) is 1. The highest BCUT2D eigenvalue weighted by molar-refractivity contribution is 7.99. The second kappa shape index (κ2) is 9.83. The molecule has 0 saturated heterocycles. The Kier molecular flexibility index (Phi) is 8.48. The van der Waals surface area contributed by atoms with Crippen molar-refractivity contribution in [2.24, 2.45) is 0 Å². The number of halogens is 1. The van der Waals surface area contributed by atoms with Crippen LogP contribution < -0.4 is 17.7 Å². The predicted octanol–water partition coefficient (Wildman–Crippen LogP) is -0.438. The fourth-order valence-corrected chi connectivity index (χ4v) is 3.31. The first-order chi connectivity index (χ1) is 10.6. The molecule has 0 radical (unpaired) electrons. The second-order valence-corrected chi connectivity index (χ2v) is 6.78. The molecule has 0 heterocycles. The lowest BCUT2D eigenvalue weighted by Crippen LogP contribution is -3.00. The number of phenols is 1. The van der Waals surface area contributed by atoms with Crippen LogP contribution in [0.3, 0.4) is 0 Å². The molecule has 126 valence electrons. The molecule has 4 N–H and O–H groups in total. The van der Waals surface area contributed by atoms with Crippen molar-refractivity contribution in [2.45, 2.75) is 36.9 Å². The largest absolute Gasteiger partial charge is 1.00 e. The van der Waals surface area contributed by atoms with Crippen molar-refractivity contribution in [3.63, 3.8) is 0 Å². The van der Waals surface area contributed by atoms with Crippen molar-refractivity contribution in [1.82, 2.24) is 0 Å². The maximum atomic E-state index is 10.4. The van der Waals surface area contributed by atoms with Crippen molar-refractivity contribution >= 4 is 11.8 Å². The van der Waals surface area contributed by atoms with Gasteiger partial charge >= 0.3 is 0 Å². The van der Waals surface area contributed by atoms with Crippen LogP contribution in [-0.4, -0.2) is 28.0 Å². The van der Waals surface area contributed by atoms with Crippen LogP contribution in [0.2, 0.25) is 0 Å². The quantitative estimate of drug-likeness (QED) is 0.592. The minimum atomic E-state index is -0.537. The van der Waals surface area contributed by atoms with E-state index in [0.29, 0.717) is 6.04 Å². The summed E-state index contributed by atoms with van der Waals surface area (Å²) < 4.78 is 0. The van der Waals surface area contributed by atoms with E-state index in [4.69, 9.17) is 0 Å². The number of thioether (sulfide) groups is 1. The molecule has 3 nitrogen and oxygen atoms in total. The van der Waals surface area contributed by atoms with E-state index in [1.165, 1.54) is 4.90 Å². The predicted molar refractivity (Wildman–Crippen MR) is 91.1 cm³/mol. The van der Waals surface area contributed by atoms with E-state index in [2.05, 4.69) is 24.4 Å². The third-order valence-corrected chi connectivity index (χ3v) is 4.92. The van der Waals surface area contributed by atoms with Crippen LogP contribution in [0.4, 0.5) is 0 Å². The molecule has 0 aliphatic carbocycles. The third kappa shape index (κ3) is 6.43. The highest BCUT2D eigenvalue weighted by Crippen LogP contribution is 2.19. The Hall–Kier alpha value is -1.20. The molecule has 0 spiro atoms. The topological polar surface area (TPSA) is 57.1 Å². The molecule has 5 heteroatoms. The summed E-state index contributed by atoms with van der Waals surface area (Å²) in [5.74, 6) is 1.22. The Morgan fingerprint density at radius 2 is 1.61 bits per heavy atom. The minimum Gasteiger partial charge on any atom is -1.00 e. The summed E-state index contributed by atoms with van der Waals surface area (Å²) in [6, 6.07) is 17.6. The van der Waals surface area contributed by atoms with Gasteiger partial charge in [-0.25, -0.2) is 0 Å². The molecule has 0 fully saturated rings. The Labute approximate surface area is 148 Å². The van der Waals surface area contributed by atoms with Crippen molar-refractivity contribution in [3.05, 3.63) is 60.2 Å². The molecular formula is C18H24ClNO2S. The Bertz CT molecular complexity index is 565. The van der Waals surface area contributed by atoms with Gasteiger partial charge in [-0.15, -0.1) is 11.8 Å². The van der Waals surface area contributed by atoms with Gasteiger partial charge in [-0.05, 0) is 43.7 Å². The monoisotopic (exact) mass is 353 g/mol. The summed E-state index contributed by atoms with van der Waals surface area (Å²) in [6.45, 7) is 4.21. The Morgan fingerprint density at radius 1 is 1.00 bits per heavy atom. The Balaban J connectivity index is 0.00000264. The van der Waals surface area contributed by atoms with Crippen LogP contribution in [0.5, 0.6) is 5.75 Å². The summed E-state index contributed by atoms with van der Waals surface area (Å²) in [7, 11) is 0. The van der Waals surface area contributed by atoms with E-state index < -0.39 is 6.10 Å². The second-order valence-electron chi connectivity index (χ2n) is 5.69. The van der Waals surface area contributed by atoms with Crippen molar-refractivity contribution in [2.75, 3.05) is 5.75 Å². The normalized spacial score (nSPS) is 14.6. The molecule has 0 saturated carbocycles. The molecule has 0 amide bonds. The average molecular weight is 354 g/mol. The number of aliphatic hydroxyl groups is 1. The van der Waals surface area contributed by atoms with Crippen LogP contribution in [0.25, 0.3) is 0 Å². The molecule has 3 unspecified atom stereocenters. The first-order valence-corrected chi connectivity index (χ1v) is 8.54. The highest BCUT2D eigenvalue weighted by Gasteiger charge is 2.21. The summed E-state index contributed by atoms with van der Waals surface area (Å²) in [5.41, 5.74) is 0.837. The standard InChI is InChI=1S/C18H23NO2S.ClH/c1-13(12-22-17-6-4-3-5-7-17)19-14(2)18(21)15-8-10-16(20)11-9-15;/h3-11,13-14,18-21H,12H2,1-2H3;1H. The van der Waals surface area contributed by atoms with Gasteiger partial charge in [0.05, 0.1) is 6.04 Å². The minimum absolute atomic E-state index is 0. The van der Waals surface area contributed by atoms with Gasteiger partial charge in [0.25, 0.3) is 0 Å². The molecule has 2 aromatic carbocycles. The zero-order valence-corrected chi connectivity index (χ0v) is 15.0. The molecule has 0 aromatic heterocycles. The molecular weight excluding hydrogens is 330 g/mol. The highest BCUT2D eigenvalue weighted by atomic mass is 35.5. The SMILES string of the molecule is CC(CSc1ccccc1)[NH2+]C(C)C(O)c1ccc(O)cc1.[Cl-]. The number of benzene rings is 2. The zero-order valence-electron chi connectivity index (χ0n) is 13.4. The fraction of sp³-hybridized carbons (Fsp3) is 0.333. The zero-order chi connectivity index (χ0) is 15.9. The molecule has 0 bridgehead atoms. The van der Waals surface area contributed by atoms with Crippen molar-refractivity contribution in [1.29, 1.82) is 0 Å². The number of quaternary nitrogens is 1. The average Bonchev–Trinajstić information content (AvgIpc) is 2.54. The van der Waals surface area contributed by atoms with E-state index in [1.807, 2.05) is 36.9 Å². The molecule has 2 aromatic rings. The van der Waals surface area contributed by atoms with Crippen molar-refractivity contribution in [3.8, 4) is 5.75 Å². The Morgan fingerprint density at radius 3 is 2.22 bits per heavy atom. The summed E-state index contributed by atoms with van der Waals surface area (Å²) in [6.07, 6.45) is -0.537. The summed E-state index contributed by atoms with van der Waals surface area (Å²) >= 11 is 1.83. The van der Waals surface area contributed by atoms with E-state index >= 15 is 0 Å². The van der Waals surface area contributed by atoms with Gasteiger partial charge in [-0.1, -0.05) is 30.3 Å². The fourth-order valence-electron chi connectivity index (χ4n) is 2.40. The van der Waals surface area contributed by atoms with Gasteiger partial charge in [0.15, 0.2) is 0 Å². The van der Waals surface area contributed by atoms with E-state index in [-0.39, 0.29) is 24.2 Å². The summed E-state index contributed by atoms with van der Waals surface area (Å²) in [4.78, 5) is 1.27. The molecule has 0 aliphatic heterocycles. The number of aliphatic hydroxyl groups excluding tert-OH is 1. The first-order valence-electron chi connectivity index (χ1n) is 7.56. The van der Waals surface area contributed by atoms with Crippen LogP contribution in [-0.2, 0) is 0 Å². The van der Waals surface area contributed by atoms with Gasteiger partial charge in [0.2, 0.25) is 0 Å². The van der Waals surface area contributed by atoms with E-state index in [0.717, 1.165) is 11.3 Å². The third-order valence-electron chi connectivity index (χ3n) is 3.62. The lowest BCUT2D eigenvalue weighted by molar-refractivity contribution is -0.719. The van der Waals surface area contributed by atoms with Gasteiger partial charge in [-0.3, -0.25) is 0 Å². The first kappa shape index (κ1) is 19.8. The molecule has 0 aliphatic rings. The van der Waals surface area contributed by atoms with Gasteiger partial charge in [0, 0.05) is 10.6 Å². The number of phenolic OH excluding ortho intramolecular Hbond substituents is 1. The van der Waals surface area contributed by atoms with Crippen molar-refractivity contribution < 1.29 is 27.9 Å². The summed E-state index contributed by atoms with van der Waals surface area (Å²) in [5, 5.41) is 21.9. The maximum absolute atomic E-state index is 10.4. The molecule has 23 heavy (non-hydrogen) atoms. The number of rotatable bonds is 7. The van der Waals surface area contributed by atoms with Gasteiger partial charge in [-0.2, -0.15) is 0 Å². The smallest absolute Gasteiger partial charge is 0.130 e. The molecule has 3 atom stereocenters. The van der Waals surface area contributed by atoms with Crippen LogP contribution in [0.15, 0.2) is 59.5 Å². The number of aromatic hydroxyl groups is 1. The lowest BCUT2D eigenvalue weighted by Gasteiger charge is -2.21. The van der Waals surface area contributed by atoms with Crippen LogP contribution in [0.1, 0.15) is 25.5 Å². The van der Waals surface area contributed by atoms with Crippen LogP contribution in [0, 0.1) is 0 Å². The lowest BCUT2D eigenvalue weighted by atomic mass is 10.0. The maximum Gasteiger partial charge on any atom is 0.130 e. The van der Waals surface area contributed by atoms with Gasteiger partial charge in [0.1, 0.15) is 17.9 Å². The van der Waals surface area contributed by atoms with Gasteiger partial charge < -0.3 is 27.9 Å². The van der Waals surface area contributed by atoms with Crippen LogP contribution >= 0.6 is 11.8 Å². The number of hydrogen-bond acceptors (Lipinski definition) is 3. The molecule has 2 rings (SSSR count). The van der Waals surface area contributed by atoms with E-state index in [1.54, 1.807) is 24.3 Å².